The molecule has 0 aliphatic carbocycles. The van der Waals surface area contributed by atoms with Crippen molar-refractivity contribution in [2.75, 3.05) is 18.0 Å². The first kappa shape index (κ1) is 13.5. The molecule has 1 aliphatic rings. The van der Waals surface area contributed by atoms with Crippen LogP contribution in [0.1, 0.15) is 23.0 Å². The zero-order valence-electron chi connectivity index (χ0n) is 12.2. The first-order valence-electron chi connectivity index (χ1n) is 7.02. The van der Waals surface area contributed by atoms with Gasteiger partial charge in [0.25, 0.3) is 5.91 Å². The molecule has 1 fully saturated rings. The molecule has 21 heavy (non-hydrogen) atoms. The molecule has 2 aromatic rings. The van der Waals surface area contributed by atoms with Crippen LogP contribution in [0.15, 0.2) is 24.7 Å². The van der Waals surface area contributed by atoms with E-state index < -0.39 is 0 Å². The topological polar surface area (TPSA) is 75.9 Å². The highest BCUT2D eigenvalue weighted by atomic mass is 16.2. The fourth-order valence-electron chi connectivity index (χ4n) is 2.22. The Labute approximate surface area is 123 Å². The molecule has 1 aliphatic heterocycles. The second-order valence-corrected chi connectivity index (χ2v) is 5.19. The van der Waals surface area contributed by atoms with Crippen LogP contribution in [0.5, 0.6) is 0 Å². The van der Waals surface area contributed by atoms with E-state index in [9.17, 15) is 4.79 Å². The molecule has 0 aromatic carbocycles. The molecule has 0 saturated carbocycles. The summed E-state index contributed by atoms with van der Waals surface area (Å²) in [6.45, 7) is 3.53. The molecule has 110 valence electrons. The van der Waals surface area contributed by atoms with Gasteiger partial charge in [-0.15, -0.1) is 0 Å². The van der Waals surface area contributed by atoms with Crippen LogP contribution < -0.4 is 10.2 Å². The quantitative estimate of drug-likeness (QED) is 0.880. The number of aromatic nitrogens is 4. The average molecular weight is 286 g/mol. The lowest BCUT2D eigenvalue weighted by molar-refractivity contribution is 0.0924. The van der Waals surface area contributed by atoms with Crippen molar-refractivity contribution in [3.63, 3.8) is 0 Å². The van der Waals surface area contributed by atoms with Gasteiger partial charge in [-0.1, -0.05) is 6.92 Å². The van der Waals surface area contributed by atoms with Crippen molar-refractivity contribution < 1.29 is 4.79 Å². The van der Waals surface area contributed by atoms with Gasteiger partial charge in [-0.3, -0.25) is 9.48 Å². The van der Waals surface area contributed by atoms with Crippen LogP contribution in [0.3, 0.4) is 0 Å². The van der Waals surface area contributed by atoms with E-state index in [2.05, 4.69) is 27.3 Å². The number of hydrogen-bond donors (Lipinski definition) is 1. The minimum Gasteiger partial charge on any atom is -0.344 e. The fraction of sp³-hybridized carbons (Fsp3) is 0.429. The van der Waals surface area contributed by atoms with Crippen LogP contribution in [0, 0.1) is 0 Å². The normalized spacial score (nSPS) is 14.9. The predicted molar refractivity (Wildman–Crippen MR) is 78.1 cm³/mol. The molecule has 1 N–H and O–H groups in total. The minimum absolute atomic E-state index is 0.119. The number of anilines is 1. The molecule has 0 spiro atoms. The van der Waals surface area contributed by atoms with E-state index in [0.29, 0.717) is 5.69 Å². The van der Waals surface area contributed by atoms with Crippen molar-refractivity contribution in [1.29, 1.82) is 0 Å². The molecule has 3 heterocycles. The van der Waals surface area contributed by atoms with E-state index in [-0.39, 0.29) is 11.9 Å². The van der Waals surface area contributed by atoms with Crippen LogP contribution in [0.2, 0.25) is 0 Å². The van der Waals surface area contributed by atoms with E-state index in [1.165, 1.54) is 0 Å². The number of amides is 1. The largest absolute Gasteiger partial charge is 0.344 e. The predicted octanol–water partition coefficient (Wildman–Crippen LogP) is 0.391. The summed E-state index contributed by atoms with van der Waals surface area (Å²) in [5, 5.41) is 7.04. The van der Waals surface area contributed by atoms with Crippen LogP contribution in [-0.4, -0.2) is 44.8 Å². The van der Waals surface area contributed by atoms with Crippen molar-refractivity contribution in [3.8, 4) is 0 Å². The first-order valence-corrected chi connectivity index (χ1v) is 7.02. The molecule has 0 bridgehead atoms. The first-order chi connectivity index (χ1) is 10.2. The van der Waals surface area contributed by atoms with Crippen molar-refractivity contribution in [3.05, 3.63) is 35.9 Å². The summed E-state index contributed by atoms with van der Waals surface area (Å²) in [5.74, 6) is 0.582. The monoisotopic (exact) mass is 286 g/mol. The van der Waals surface area contributed by atoms with E-state index in [1.54, 1.807) is 24.0 Å². The van der Waals surface area contributed by atoms with Crippen LogP contribution >= 0.6 is 0 Å². The Morgan fingerprint density at radius 3 is 2.67 bits per heavy atom. The highest BCUT2D eigenvalue weighted by molar-refractivity contribution is 5.92. The second kappa shape index (κ2) is 5.51. The molecule has 1 amide bonds. The molecular formula is C14H18N6O. The maximum absolute atomic E-state index is 12.0. The van der Waals surface area contributed by atoms with Gasteiger partial charge >= 0.3 is 0 Å². The zero-order valence-corrected chi connectivity index (χ0v) is 12.2. The third-order valence-electron chi connectivity index (χ3n) is 3.55. The van der Waals surface area contributed by atoms with Crippen molar-refractivity contribution in [2.24, 2.45) is 7.05 Å². The lowest BCUT2D eigenvalue weighted by Gasteiger charge is -2.39. The SMILES string of the molecule is CCc1cnc(N2CC(NC(=O)c3ccn(C)n3)C2)nc1. The summed E-state index contributed by atoms with van der Waals surface area (Å²) in [6, 6.07) is 1.83. The number of rotatable bonds is 4. The highest BCUT2D eigenvalue weighted by Crippen LogP contribution is 2.16. The van der Waals surface area contributed by atoms with Gasteiger partial charge in [0.15, 0.2) is 0 Å². The molecule has 7 heteroatoms. The summed E-state index contributed by atoms with van der Waals surface area (Å²) in [6.07, 6.45) is 6.39. The van der Waals surface area contributed by atoms with Gasteiger partial charge in [0.1, 0.15) is 5.69 Å². The van der Waals surface area contributed by atoms with Gasteiger partial charge < -0.3 is 10.2 Å². The third kappa shape index (κ3) is 2.86. The van der Waals surface area contributed by atoms with Gasteiger partial charge in [0.2, 0.25) is 5.95 Å². The maximum Gasteiger partial charge on any atom is 0.272 e. The van der Waals surface area contributed by atoms with E-state index in [1.807, 2.05) is 17.3 Å². The van der Waals surface area contributed by atoms with Crippen molar-refractivity contribution in [2.45, 2.75) is 19.4 Å². The van der Waals surface area contributed by atoms with Gasteiger partial charge in [-0.25, -0.2) is 9.97 Å². The molecule has 2 aromatic heterocycles. The van der Waals surface area contributed by atoms with E-state index in [4.69, 9.17) is 0 Å². The maximum atomic E-state index is 12.0. The lowest BCUT2D eigenvalue weighted by Crippen LogP contribution is -2.60. The Morgan fingerprint density at radius 2 is 2.10 bits per heavy atom. The number of carbonyl (C=O) groups excluding carboxylic acids is 1. The van der Waals surface area contributed by atoms with E-state index >= 15 is 0 Å². The molecule has 3 rings (SSSR count). The number of carbonyl (C=O) groups is 1. The molecule has 7 nitrogen and oxygen atoms in total. The Balaban J connectivity index is 1.52. The molecule has 1 saturated heterocycles. The number of nitrogens with zero attached hydrogens (tertiary/aromatic N) is 5. The van der Waals surface area contributed by atoms with Crippen LogP contribution in [-0.2, 0) is 13.5 Å². The summed E-state index contributed by atoms with van der Waals surface area (Å²) in [7, 11) is 1.79. The van der Waals surface area contributed by atoms with E-state index in [0.717, 1.165) is 31.0 Å². The van der Waals surface area contributed by atoms with Crippen molar-refractivity contribution >= 4 is 11.9 Å². The molecule has 0 unspecified atom stereocenters. The Morgan fingerprint density at radius 1 is 1.38 bits per heavy atom. The summed E-state index contributed by atoms with van der Waals surface area (Å²) >= 11 is 0. The van der Waals surface area contributed by atoms with Crippen LogP contribution in [0.4, 0.5) is 5.95 Å². The highest BCUT2D eigenvalue weighted by Gasteiger charge is 2.30. The van der Waals surface area contributed by atoms with Gasteiger partial charge in [-0.2, -0.15) is 5.10 Å². The summed E-state index contributed by atoms with van der Waals surface area (Å²) in [4.78, 5) is 22.7. The third-order valence-corrected chi connectivity index (χ3v) is 3.55. The molecule has 0 radical (unpaired) electrons. The average Bonchev–Trinajstić information content (AvgIpc) is 2.89. The fourth-order valence-corrected chi connectivity index (χ4v) is 2.22. The van der Waals surface area contributed by atoms with Gasteiger partial charge in [0, 0.05) is 38.7 Å². The standard InChI is InChI=1S/C14H18N6O/c1-3-10-6-15-14(16-7-10)20-8-11(9-20)17-13(21)12-4-5-19(2)18-12/h4-7,11H,3,8-9H2,1-2H3,(H,17,21). The molecular weight excluding hydrogens is 268 g/mol. The number of aryl methyl sites for hydroxylation is 2. The Bertz CT molecular complexity index is 629. The zero-order chi connectivity index (χ0) is 14.8. The lowest BCUT2D eigenvalue weighted by atomic mass is 10.1. The second-order valence-electron chi connectivity index (χ2n) is 5.19. The number of hydrogen-bond acceptors (Lipinski definition) is 5. The summed E-state index contributed by atoms with van der Waals surface area (Å²) < 4.78 is 1.62. The number of nitrogens with one attached hydrogen (secondary N) is 1. The Hall–Kier alpha value is -2.44. The van der Waals surface area contributed by atoms with Crippen LogP contribution in [0.25, 0.3) is 0 Å². The summed E-state index contributed by atoms with van der Waals surface area (Å²) in [5.41, 5.74) is 1.57. The Kier molecular flexibility index (Phi) is 3.55. The molecule has 0 atom stereocenters. The minimum atomic E-state index is -0.137. The smallest absolute Gasteiger partial charge is 0.272 e. The van der Waals surface area contributed by atoms with Crippen molar-refractivity contribution in [1.82, 2.24) is 25.1 Å². The van der Waals surface area contributed by atoms with Gasteiger partial charge in [0.05, 0.1) is 6.04 Å². The van der Waals surface area contributed by atoms with Gasteiger partial charge in [-0.05, 0) is 18.1 Å².